The Morgan fingerprint density at radius 2 is 1.16 bits per heavy atom. The molecule has 43 heavy (non-hydrogen) atoms. The summed E-state index contributed by atoms with van der Waals surface area (Å²) in [6.45, 7) is 13.6. The fraction of sp³-hybridized carbons (Fsp3) is 0.931. The van der Waals surface area contributed by atoms with Gasteiger partial charge in [-0.3, -0.25) is 9.59 Å². The second-order valence-corrected chi connectivity index (χ2v) is 14.6. The van der Waals surface area contributed by atoms with E-state index in [9.17, 15) is 49.8 Å². The summed E-state index contributed by atoms with van der Waals surface area (Å²) >= 11 is 2.19. The maximum atomic E-state index is 13.1. The molecular weight excluding hydrogens is 628 g/mol. The highest BCUT2D eigenvalue weighted by Gasteiger charge is 2.48. The van der Waals surface area contributed by atoms with Crippen LogP contribution in [0.15, 0.2) is 0 Å². The van der Waals surface area contributed by atoms with E-state index in [0.29, 0.717) is 12.8 Å². The SMILES string of the molecule is CC(C)CC(SCCCC(F)(F)C(F)F)C(=O)O.CCCCC(SCCCC(F)(F)C(F)F)(C(=O)O)C(C(C)C)C(C)C. The number of carboxylic acids is 2. The summed E-state index contributed by atoms with van der Waals surface area (Å²) in [6, 6.07) is 0. The van der Waals surface area contributed by atoms with E-state index in [0.717, 1.165) is 36.4 Å². The molecule has 14 heteroatoms. The van der Waals surface area contributed by atoms with E-state index in [4.69, 9.17) is 5.11 Å². The molecule has 0 amide bonds. The van der Waals surface area contributed by atoms with Crippen molar-refractivity contribution >= 4 is 35.5 Å². The number of carboxylic acid groups (broad SMARTS) is 2. The Bertz CT molecular complexity index is 778. The third kappa shape index (κ3) is 16.8. The summed E-state index contributed by atoms with van der Waals surface area (Å²) < 4.78 is 98.4. The second-order valence-electron chi connectivity index (χ2n) is 11.8. The summed E-state index contributed by atoms with van der Waals surface area (Å²) in [7, 11) is 0. The number of carbonyl (C=O) groups is 2. The smallest absolute Gasteiger partial charge is 0.320 e. The van der Waals surface area contributed by atoms with Crippen LogP contribution in [0.3, 0.4) is 0 Å². The summed E-state index contributed by atoms with van der Waals surface area (Å²) in [5.41, 5.74) is 0. The van der Waals surface area contributed by atoms with Crippen molar-refractivity contribution in [1.29, 1.82) is 0 Å². The van der Waals surface area contributed by atoms with E-state index in [1.807, 2.05) is 48.5 Å². The van der Waals surface area contributed by atoms with Crippen molar-refractivity contribution in [3.8, 4) is 0 Å². The van der Waals surface area contributed by atoms with Crippen LogP contribution < -0.4 is 0 Å². The monoisotopic (exact) mass is 678 g/mol. The highest BCUT2D eigenvalue weighted by Crippen LogP contribution is 2.46. The molecule has 2 atom stereocenters. The zero-order valence-corrected chi connectivity index (χ0v) is 27.8. The molecule has 0 aromatic heterocycles. The lowest BCUT2D eigenvalue weighted by atomic mass is 9.73. The highest BCUT2D eigenvalue weighted by molar-refractivity contribution is 8.01. The molecule has 0 aliphatic carbocycles. The maximum Gasteiger partial charge on any atom is 0.320 e. The van der Waals surface area contributed by atoms with E-state index in [2.05, 4.69) is 0 Å². The fourth-order valence-electron chi connectivity index (χ4n) is 4.91. The Morgan fingerprint density at radius 1 is 0.721 bits per heavy atom. The fourth-order valence-corrected chi connectivity index (χ4v) is 7.98. The van der Waals surface area contributed by atoms with Crippen molar-refractivity contribution in [3.05, 3.63) is 0 Å². The summed E-state index contributed by atoms with van der Waals surface area (Å²) in [5.74, 6) is -9.35. The van der Waals surface area contributed by atoms with Crippen molar-refractivity contribution in [2.45, 2.75) is 135 Å². The van der Waals surface area contributed by atoms with Gasteiger partial charge in [0, 0.05) is 12.8 Å². The Morgan fingerprint density at radius 3 is 1.49 bits per heavy atom. The van der Waals surface area contributed by atoms with Gasteiger partial charge < -0.3 is 10.2 Å². The van der Waals surface area contributed by atoms with Gasteiger partial charge in [0.15, 0.2) is 0 Å². The molecule has 0 bridgehead atoms. The Kier molecular flexibility index (Phi) is 21.6. The molecule has 0 spiro atoms. The topological polar surface area (TPSA) is 74.6 Å². The second kappa shape index (κ2) is 21.0. The van der Waals surface area contributed by atoms with E-state index < -0.39 is 59.5 Å². The molecule has 0 aliphatic heterocycles. The number of unbranched alkanes of at least 4 members (excludes halogenated alkanes) is 1. The van der Waals surface area contributed by atoms with Gasteiger partial charge in [-0.2, -0.15) is 0 Å². The van der Waals surface area contributed by atoms with Gasteiger partial charge in [0.1, 0.15) is 10.00 Å². The zero-order chi connectivity index (χ0) is 34.2. The lowest BCUT2D eigenvalue weighted by molar-refractivity contribution is -0.143. The largest absolute Gasteiger partial charge is 0.480 e. The Balaban J connectivity index is 0. The standard InChI is InChI=1S/C18H32F4O2S.C11H18F4O2S/c1-6-7-9-17(16(23)24,14(12(2)3)13(4)5)25-11-8-10-18(21,22)15(19)20;1-7(2)6-8(9(16)17)18-5-3-4-11(14,15)10(12)13/h12-15H,6-11H2,1-5H3,(H,23,24);7-8,10H,3-6H2,1-2H3,(H,16,17). The van der Waals surface area contributed by atoms with Crippen molar-refractivity contribution in [2.24, 2.45) is 23.7 Å². The number of alkyl halides is 8. The van der Waals surface area contributed by atoms with Crippen LogP contribution in [-0.2, 0) is 9.59 Å². The van der Waals surface area contributed by atoms with Crippen LogP contribution in [0.1, 0.15) is 99.8 Å². The van der Waals surface area contributed by atoms with Gasteiger partial charge in [0.2, 0.25) is 0 Å². The number of thioether (sulfide) groups is 2. The highest BCUT2D eigenvalue weighted by atomic mass is 32.2. The molecule has 0 aromatic rings. The predicted molar refractivity (Wildman–Crippen MR) is 159 cm³/mol. The first-order valence-corrected chi connectivity index (χ1v) is 16.7. The maximum absolute atomic E-state index is 13.1. The third-order valence-corrected chi connectivity index (χ3v) is 9.81. The molecule has 2 N–H and O–H groups in total. The molecule has 0 aromatic carbocycles. The van der Waals surface area contributed by atoms with Gasteiger partial charge in [-0.05, 0) is 60.9 Å². The number of hydrogen-bond acceptors (Lipinski definition) is 4. The molecule has 0 radical (unpaired) electrons. The van der Waals surface area contributed by atoms with Crippen LogP contribution >= 0.6 is 23.5 Å². The molecule has 0 saturated heterocycles. The van der Waals surface area contributed by atoms with Crippen molar-refractivity contribution in [1.82, 2.24) is 0 Å². The number of aliphatic carboxylic acids is 2. The molecule has 0 aliphatic rings. The van der Waals surface area contributed by atoms with Crippen LogP contribution in [-0.4, -0.2) is 68.4 Å². The minimum absolute atomic E-state index is 0.114. The minimum Gasteiger partial charge on any atom is -0.480 e. The van der Waals surface area contributed by atoms with Gasteiger partial charge in [-0.1, -0.05) is 61.3 Å². The van der Waals surface area contributed by atoms with Crippen LogP contribution in [0.25, 0.3) is 0 Å². The molecule has 258 valence electrons. The van der Waals surface area contributed by atoms with Crippen LogP contribution in [0, 0.1) is 23.7 Å². The lowest BCUT2D eigenvalue weighted by Gasteiger charge is -2.42. The van der Waals surface area contributed by atoms with Crippen LogP contribution in [0.4, 0.5) is 35.1 Å². The summed E-state index contributed by atoms with van der Waals surface area (Å²) in [6.07, 6.45) is -6.98. The van der Waals surface area contributed by atoms with Crippen molar-refractivity contribution in [3.63, 3.8) is 0 Å². The summed E-state index contributed by atoms with van der Waals surface area (Å²) in [5, 5.41) is 18.2. The van der Waals surface area contributed by atoms with Gasteiger partial charge in [-0.25, -0.2) is 35.1 Å². The van der Waals surface area contributed by atoms with Gasteiger partial charge in [-0.15, -0.1) is 23.5 Å². The first-order valence-electron chi connectivity index (χ1n) is 14.6. The van der Waals surface area contributed by atoms with Gasteiger partial charge >= 0.3 is 36.6 Å². The van der Waals surface area contributed by atoms with Crippen molar-refractivity contribution < 1.29 is 54.9 Å². The van der Waals surface area contributed by atoms with E-state index in [1.54, 1.807) is 0 Å². The molecule has 0 heterocycles. The van der Waals surface area contributed by atoms with E-state index in [-0.39, 0.29) is 48.0 Å². The Hall–Kier alpha value is -0.920. The van der Waals surface area contributed by atoms with Crippen LogP contribution in [0.5, 0.6) is 0 Å². The number of rotatable bonds is 22. The van der Waals surface area contributed by atoms with E-state index >= 15 is 0 Å². The quantitative estimate of drug-likeness (QED) is 0.0877. The molecule has 4 nitrogen and oxygen atoms in total. The Labute approximate surface area is 259 Å². The molecule has 0 rings (SSSR count). The normalized spacial score (nSPS) is 14.9. The van der Waals surface area contributed by atoms with Crippen LogP contribution in [0.2, 0.25) is 0 Å². The number of hydrogen-bond donors (Lipinski definition) is 2. The molecular formula is C29H50F8O4S2. The van der Waals surface area contributed by atoms with Gasteiger partial charge in [0.05, 0.1) is 0 Å². The minimum atomic E-state index is -4.01. The molecule has 0 fully saturated rings. The molecule has 0 saturated carbocycles. The first-order chi connectivity index (χ1) is 19.6. The van der Waals surface area contributed by atoms with Crippen molar-refractivity contribution in [2.75, 3.05) is 11.5 Å². The average Bonchev–Trinajstić information content (AvgIpc) is 2.85. The van der Waals surface area contributed by atoms with Gasteiger partial charge in [0.25, 0.3) is 0 Å². The first kappa shape index (κ1) is 44.2. The predicted octanol–water partition coefficient (Wildman–Crippen LogP) is 10.2. The lowest BCUT2D eigenvalue weighted by Crippen LogP contribution is -2.48. The molecule has 2 unspecified atom stereocenters. The third-order valence-electron chi connectivity index (χ3n) is 6.83. The number of halogens is 8. The van der Waals surface area contributed by atoms with E-state index in [1.165, 1.54) is 0 Å². The average molecular weight is 679 g/mol. The zero-order valence-electron chi connectivity index (χ0n) is 26.2. The summed E-state index contributed by atoms with van der Waals surface area (Å²) in [4.78, 5) is 23.0.